The molecule has 4 rings (SSSR count). The lowest BCUT2D eigenvalue weighted by atomic mass is 10.2. The van der Waals surface area contributed by atoms with Crippen LogP contribution in [0.25, 0.3) is 5.65 Å². The molecule has 0 unspecified atom stereocenters. The van der Waals surface area contributed by atoms with Crippen molar-refractivity contribution in [2.75, 3.05) is 6.54 Å². The fourth-order valence-electron chi connectivity index (χ4n) is 3.38. The van der Waals surface area contributed by atoms with Crippen molar-refractivity contribution < 1.29 is 9.59 Å². The molecule has 3 aromatic heterocycles. The van der Waals surface area contributed by atoms with E-state index in [-0.39, 0.29) is 17.9 Å². The van der Waals surface area contributed by atoms with Crippen molar-refractivity contribution in [1.29, 1.82) is 0 Å². The van der Waals surface area contributed by atoms with Gasteiger partial charge in [-0.05, 0) is 42.7 Å². The monoisotopic (exact) mass is 363 g/mol. The SMILES string of the molecule is Cc1ccc2nc(C(=O)N(Cc3ccncc3)C[C@@H]3CCC(=O)N3)cn2c1. The van der Waals surface area contributed by atoms with Crippen LogP contribution < -0.4 is 5.32 Å². The van der Waals surface area contributed by atoms with Gasteiger partial charge >= 0.3 is 0 Å². The van der Waals surface area contributed by atoms with Crippen LogP contribution in [-0.2, 0) is 11.3 Å². The second kappa shape index (κ2) is 7.19. The van der Waals surface area contributed by atoms with Crippen molar-refractivity contribution >= 4 is 17.5 Å². The Labute approximate surface area is 157 Å². The number of carbonyl (C=O) groups excluding carboxylic acids is 2. The molecule has 1 fully saturated rings. The van der Waals surface area contributed by atoms with Crippen molar-refractivity contribution in [2.45, 2.75) is 32.4 Å². The van der Waals surface area contributed by atoms with Gasteiger partial charge in [-0.3, -0.25) is 14.6 Å². The largest absolute Gasteiger partial charge is 0.352 e. The van der Waals surface area contributed by atoms with Crippen LogP contribution >= 0.6 is 0 Å². The summed E-state index contributed by atoms with van der Waals surface area (Å²) in [4.78, 5) is 35.0. The Hall–Kier alpha value is -3.22. The summed E-state index contributed by atoms with van der Waals surface area (Å²) in [7, 11) is 0. The van der Waals surface area contributed by atoms with Gasteiger partial charge in [0.1, 0.15) is 11.3 Å². The lowest BCUT2D eigenvalue weighted by molar-refractivity contribution is -0.119. The molecule has 1 aliphatic heterocycles. The molecule has 0 aromatic carbocycles. The Balaban J connectivity index is 1.60. The Morgan fingerprint density at radius 1 is 1.26 bits per heavy atom. The van der Waals surface area contributed by atoms with E-state index < -0.39 is 0 Å². The average molecular weight is 363 g/mol. The second-order valence-electron chi connectivity index (χ2n) is 6.94. The van der Waals surface area contributed by atoms with Gasteiger partial charge in [0.05, 0.1) is 0 Å². The molecule has 0 bridgehead atoms. The van der Waals surface area contributed by atoms with Gasteiger partial charge in [-0.1, -0.05) is 6.07 Å². The molecule has 27 heavy (non-hydrogen) atoms. The maximum Gasteiger partial charge on any atom is 0.274 e. The minimum atomic E-state index is -0.144. The predicted octanol–water partition coefficient (Wildman–Crippen LogP) is 1.96. The normalized spacial score (nSPS) is 16.5. The van der Waals surface area contributed by atoms with Crippen LogP contribution in [0.15, 0.2) is 49.1 Å². The highest BCUT2D eigenvalue weighted by Crippen LogP contribution is 2.15. The van der Waals surface area contributed by atoms with Crippen LogP contribution in [0.5, 0.6) is 0 Å². The molecule has 1 saturated heterocycles. The first-order valence-corrected chi connectivity index (χ1v) is 9.01. The summed E-state index contributed by atoms with van der Waals surface area (Å²) in [6, 6.07) is 7.62. The van der Waals surface area contributed by atoms with E-state index in [0.29, 0.717) is 25.2 Å². The van der Waals surface area contributed by atoms with Gasteiger partial charge in [-0.25, -0.2) is 4.98 Å². The number of hydrogen-bond donors (Lipinski definition) is 1. The van der Waals surface area contributed by atoms with E-state index in [1.165, 1.54) is 0 Å². The first-order chi connectivity index (χ1) is 13.1. The van der Waals surface area contributed by atoms with Crippen LogP contribution in [0, 0.1) is 6.92 Å². The molecule has 0 saturated carbocycles. The molecule has 1 aliphatic rings. The molecule has 138 valence electrons. The van der Waals surface area contributed by atoms with Gasteiger partial charge in [0.2, 0.25) is 5.91 Å². The summed E-state index contributed by atoms with van der Waals surface area (Å²) in [5.74, 6) is -0.103. The number of rotatable bonds is 5. The van der Waals surface area contributed by atoms with E-state index in [0.717, 1.165) is 23.2 Å². The molecule has 3 aromatic rings. The number of aromatic nitrogens is 3. The van der Waals surface area contributed by atoms with Crippen LogP contribution in [0.2, 0.25) is 0 Å². The molecular weight excluding hydrogens is 342 g/mol. The fourth-order valence-corrected chi connectivity index (χ4v) is 3.38. The minimum Gasteiger partial charge on any atom is -0.352 e. The van der Waals surface area contributed by atoms with Crippen molar-refractivity contribution in [1.82, 2.24) is 24.6 Å². The highest BCUT2D eigenvalue weighted by molar-refractivity contribution is 5.93. The van der Waals surface area contributed by atoms with E-state index in [9.17, 15) is 9.59 Å². The van der Waals surface area contributed by atoms with Crippen molar-refractivity contribution in [3.05, 3.63) is 65.9 Å². The highest BCUT2D eigenvalue weighted by Gasteiger charge is 2.27. The smallest absolute Gasteiger partial charge is 0.274 e. The van der Waals surface area contributed by atoms with E-state index in [1.54, 1.807) is 23.5 Å². The quantitative estimate of drug-likeness (QED) is 0.751. The van der Waals surface area contributed by atoms with E-state index in [1.807, 2.05) is 41.8 Å². The number of hydrogen-bond acceptors (Lipinski definition) is 4. The number of nitrogens with one attached hydrogen (secondary N) is 1. The first-order valence-electron chi connectivity index (χ1n) is 9.01. The zero-order chi connectivity index (χ0) is 18.8. The van der Waals surface area contributed by atoms with Crippen LogP contribution in [0.1, 0.15) is 34.5 Å². The number of nitrogens with zero attached hydrogens (tertiary/aromatic N) is 4. The van der Waals surface area contributed by atoms with Crippen LogP contribution in [-0.4, -0.2) is 43.7 Å². The average Bonchev–Trinajstić information content (AvgIpc) is 3.27. The molecule has 7 nitrogen and oxygen atoms in total. The third-order valence-corrected chi connectivity index (χ3v) is 4.75. The van der Waals surface area contributed by atoms with Gasteiger partial charge in [0.25, 0.3) is 5.91 Å². The molecule has 0 spiro atoms. The van der Waals surface area contributed by atoms with Crippen molar-refractivity contribution in [3.8, 4) is 0 Å². The Morgan fingerprint density at radius 3 is 2.81 bits per heavy atom. The van der Waals surface area contributed by atoms with E-state index in [2.05, 4.69) is 15.3 Å². The third kappa shape index (κ3) is 3.81. The summed E-state index contributed by atoms with van der Waals surface area (Å²) >= 11 is 0. The number of amides is 2. The van der Waals surface area contributed by atoms with Gasteiger partial charge < -0.3 is 14.6 Å². The van der Waals surface area contributed by atoms with Gasteiger partial charge in [-0.15, -0.1) is 0 Å². The minimum absolute atomic E-state index is 0.0254. The molecule has 2 amide bonds. The number of fused-ring (bicyclic) bond motifs is 1. The molecule has 0 radical (unpaired) electrons. The van der Waals surface area contributed by atoms with Gasteiger partial charge in [-0.2, -0.15) is 0 Å². The first kappa shape index (κ1) is 17.2. The Bertz CT molecular complexity index is 982. The van der Waals surface area contributed by atoms with Gasteiger partial charge in [0, 0.05) is 50.3 Å². The number of carbonyl (C=O) groups is 2. The zero-order valence-electron chi connectivity index (χ0n) is 15.1. The van der Waals surface area contributed by atoms with Gasteiger partial charge in [0.15, 0.2) is 0 Å². The molecule has 1 N–H and O–H groups in total. The van der Waals surface area contributed by atoms with Crippen LogP contribution in [0.4, 0.5) is 0 Å². The fraction of sp³-hybridized carbons (Fsp3) is 0.300. The number of pyridine rings is 2. The topological polar surface area (TPSA) is 79.6 Å². The summed E-state index contributed by atoms with van der Waals surface area (Å²) < 4.78 is 1.87. The van der Waals surface area contributed by atoms with E-state index >= 15 is 0 Å². The molecule has 4 heterocycles. The Morgan fingerprint density at radius 2 is 2.07 bits per heavy atom. The standard InChI is InChI=1S/C20H21N5O2/c1-14-2-4-18-23-17(13-24(18)10-14)20(27)25(11-15-6-8-21-9-7-15)12-16-3-5-19(26)22-16/h2,4,6-10,13,16H,3,5,11-12H2,1H3,(H,22,26)/t16-/m0/s1. The summed E-state index contributed by atoms with van der Waals surface area (Å²) in [6.07, 6.45) is 8.38. The lowest BCUT2D eigenvalue weighted by Crippen LogP contribution is -2.41. The highest BCUT2D eigenvalue weighted by atomic mass is 16.2. The molecular formula is C20H21N5O2. The lowest BCUT2D eigenvalue weighted by Gasteiger charge is -2.25. The van der Waals surface area contributed by atoms with Crippen molar-refractivity contribution in [2.24, 2.45) is 0 Å². The Kier molecular flexibility index (Phi) is 4.58. The zero-order valence-corrected chi connectivity index (χ0v) is 15.1. The third-order valence-electron chi connectivity index (χ3n) is 4.75. The number of aryl methyl sites for hydroxylation is 1. The van der Waals surface area contributed by atoms with Crippen LogP contribution in [0.3, 0.4) is 0 Å². The predicted molar refractivity (Wildman–Crippen MR) is 100 cm³/mol. The van der Waals surface area contributed by atoms with E-state index in [4.69, 9.17) is 0 Å². The summed E-state index contributed by atoms with van der Waals surface area (Å²) in [5.41, 5.74) is 3.23. The molecule has 1 atom stereocenters. The molecule has 0 aliphatic carbocycles. The summed E-state index contributed by atoms with van der Waals surface area (Å²) in [5, 5.41) is 2.94. The maximum atomic E-state index is 13.2. The maximum absolute atomic E-state index is 13.2. The molecule has 7 heteroatoms. The second-order valence-corrected chi connectivity index (χ2v) is 6.94. The number of imidazole rings is 1. The summed E-state index contributed by atoms with van der Waals surface area (Å²) in [6.45, 7) is 2.90. The van der Waals surface area contributed by atoms with Crippen molar-refractivity contribution in [3.63, 3.8) is 0 Å².